The van der Waals surface area contributed by atoms with E-state index in [0.717, 1.165) is 18.4 Å². The van der Waals surface area contributed by atoms with Gasteiger partial charge in [0.2, 0.25) is 0 Å². The van der Waals surface area contributed by atoms with Gasteiger partial charge >= 0.3 is 0 Å². The summed E-state index contributed by atoms with van der Waals surface area (Å²) >= 11 is 0. The maximum Gasteiger partial charge on any atom is 0.164 e. The number of hydrogen-bond acceptors (Lipinski definition) is 5. The van der Waals surface area contributed by atoms with Crippen LogP contribution < -0.4 is 25.5 Å². The van der Waals surface area contributed by atoms with Crippen molar-refractivity contribution in [2.75, 3.05) is 21.3 Å². The summed E-state index contributed by atoms with van der Waals surface area (Å²) in [6.45, 7) is 0. The van der Waals surface area contributed by atoms with Crippen molar-refractivity contribution >= 4 is 5.84 Å². The number of amidine groups is 1. The van der Waals surface area contributed by atoms with Crippen molar-refractivity contribution in [3.05, 3.63) is 17.7 Å². The lowest BCUT2D eigenvalue weighted by Crippen LogP contribution is -2.32. The lowest BCUT2D eigenvalue weighted by Gasteiger charge is -2.15. The van der Waals surface area contributed by atoms with E-state index in [1.807, 2.05) is 0 Å². The smallest absolute Gasteiger partial charge is 0.164 e. The number of aliphatic imine (C=N–C) groups is 1. The molecule has 0 aliphatic heterocycles. The fourth-order valence-corrected chi connectivity index (χ4v) is 1.79. The number of nitrogens with two attached hydrogens (primary N) is 1. The third kappa shape index (κ3) is 2.90. The number of methoxy groups -OCH3 is 3. The Balaban J connectivity index is 2.47. The highest BCUT2D eigenvalue weighted by Crippen LogP contribution is 2.35. The quantitative estimate of drug-likeness (QED) is 0.360. The number of benzene rings is 1. The first-order valence-corrected chi connectivity index (χ1v) is 6.08. The van der Waals surface area contributed by atoms with Crippen LogP contribution in [0.4, 0.5) is 0 Å². The molecule has 1 fully saturated rings. The second kappa shape index (κ2) is 5.79. The van der Waals surface area contributed by atoms with E-state index in [2.05, 4.69) is 10.4 Å². The summed E-state index contributed by atoms with van der Waals surface area (Å²) in [7, 11) is 4.76. The maximum atomic E-state index is 5.56. The molecule has 2 rings (SSSR count). The Bertz CT molecular complexity index is 484. The zero-order valence-electron chi connectivity index (χ0n) is 11.4. The van der Waals surface area contributed by atoms with Crippen LogP contribution in [0.2, 0.25) is 0 Å². The Kier molecular flexibility index (Phi) is 4.11. The van der Waals surface area contributed by atoms with Crippen LogP contribution in [0.1, 0.15) is 18.4 Å². The summed E-state index contributed by atoms with van der Waals surface area (Å²) in [6.07, 6.45) is 2.20. The zero-order chi connectivity index (χ0) is 13.8. The number of nitrogens with one attached hydrogen (secondary N) is 1. The molecule has 0 unspecified atom stereocenters. The number of rotatable bonds is 5. The highest BCUT2D eigenvalue weighted by atomic mass is 16.5. The number of ether oxygens (including phenoxy) is 3. The van der Waals surface area contributed by atoms with Crippen LogP contribution >= 0.6 is 0 Å². The maximum absolute atomic E-state index is 5.56. The molecule has 0 spiro atoms. The molecule has 1 saturated carbocycles. The van der Waals surface area contributed by atoms with Gasteiger partial charge in [0, 0.05) is 6.07 Å². The van der Waals surface area contributed by atoms with Crippen molar-refractivity contribution in [1.29, 1.82) is 0 Å². The molecule has 0 amide bonds. The molecule has 0 atom stereocenters. The summed E-state index contributed by atoms with van der Waals surface area (Å²) < 4.78 is 15.9. The molecule has 0 radical (unpaired) electrons. The van der Waals surface area contributed by atoms with Crippen molar-refractivity contribution in [2.24, 2.45) is 10.8 Å². The minimum absolute atomic E-state index is 0.351. The molecule has 1 aliphatic rings. The molecular weight excluding hydrogens is 246 g/mol. The first kappa shape index (κ1) is 13.5. The minimum Gasteiger partial charge on any atom is -0.496 e. The molecule has 1 aliphatic carbocycles. The Morgan fingerprint density at radius 3 is 2.16 bits per heavy atom. The number of hydrazine groups is 1. The Morgan fingerprint density at radius 2 is 1.68 bits per heavy atom. The molecule has 1 aromatic rings. The lowest BCUT2D eigenvalue weighted by molar-refractivity contribution is 0.348. The summed E-state index contributed by atoms with van der Waals surface area (Å²) in [5.74, 6) is 8.00. The third-order valence-electron chi connectivity index (χ3n) is 2.96. The second-order valence-electron chi connectivity index (χ2n) is 4.26. The van der Waals surface area contributed by atoms with Crippen LogP contribution in [0.5, 0.6) is 17.2 Å². The van der Waals surface area contributed by atoms with Crippen molar-refractivity contribution < 1.29 is 14.2 Å². The van der Waals surface area contributed by atoms with Crippen LogP contribution in [0.25, 0.3) is 0 Å². The first-order valence-electron chi connectivity index (χ1n) is 6.08. The highest BCUT2D eigenvalue weighted by molar-refractivity contribution is 6.01. The van der Waals surface area contributed by atoms with Gasteiger partial charge in [-0.25, -0.2) is 5.84 Å². The topological polar surface area (TPSA) is 78.1 Å². The second-order valence-corrected chi connectivity index (χ2v) is 4.26. The van der Waals surface area contributed by atoms with Crippen LogP contribution in [0.3, 0.4) is 0 Å². The van der Waals surface area contributed by atoms with Crippen molar-refractivity contribution in [2.45, 2.75) is 18.9 Å². The first-order chi connectivity index (χ1) is 9.23. The van der Waals surface area contributed by atoms with Crippen LogP contribution in [0.15, 0.2) is 17.1 Å². The molecule has 3 N–H and O–H groups in total. The molecule has 19 heavy (non-hydrogen) atoms. The summed E-state index contributed by atoms with van der Waals surface area (Å²) in [4.78, 5) is 4.52. The molecule has 1 aromatic carbocycles. The lowest BCUT2D eigenvalue weighted by atomic mass is 10.1. The minimum atomic E-state index is 0.351. The fourth-order valence-electron chi connectivity index (χ4n) is 1.79. The molecule has 6 nitrogen and oxygen atoms in total. The largest absolute Gasteiger partial charge is 0.496 e. The van der Waals surface area contributed by atoms with Gasteiger partial charge in [0.25, 0.3) is 0 Å². The number of nitrogens with zero attached hydrogens (tertiary/aromatic N) is 1. The monoisotopic (exact) mass is 265 g/mol. The Labute approximate surface area is 112 Å². The molecule has 0 heterocycles. The molecule has 0 aromatic heterocycles. The van der Waals surface area contributed by atoms with Crippen LogP contribution in [-0.2, 0) is 0 Å². The standard InChI is InChI=1S/C13H19N3O3/c1-17-10-7-12(19-3)11(18-2)6-9(10)13(16-14)15-8-4-5-8/h6-8H,4-5,14H2,1-3H3,(H,15,16). The number of hydrogen-bond donors (Lipinski definition) is 2. The van der Waals surface area contributed by atoms with Gasteiger partial charge in [0.15, 0.2) is 11.5 Å². The summed E-state index contributed by atoms with van der Waals surface area (Å²) in [5.41, 5.74) is 3.39. The molecule has 0 bridgehead atoms. The van der Waals surface area contributed by atoms with E-state index in [9.17, 15) is 0 Å². The normalized spacial score (nSPS) is 15.1. The van der Waals surface area contributed by atoms with Gasteiger partial charge in [-0.3, -0.25) is 4.99 Å². The van der Waals surface area contributed by atoms with Gasteiger partial charge < -0.3 is 19.6 Å². The molecule has 0 saturated heterocycles. The predicted octanol–water partition coefficient (Wildman–Crippen LogP) is 1.08. The van der Waals surface area contributed by atoms with E-state index in [1.54, 1.807) is 33.5 Å². The van der Waals surface area contributed by atoms with E-state index < -0.39 is 0 Å². The third-order valence-corrected chi connectivity index (χ3v) is 2.96. The van der Waals surface area contributed by atoms with Crippen molar-refractivity contribution in [3.8, 4) is 17.2 Å². The van der Waals surface area contributed by atoms with E-state index in [4.69, 9.17) is 20.1 Å². The van der Waals surface area contributed by atoms with Gasteiger partial charge in [0.1, 0.15) is 11.6 Å². The van der Waals surface area contributed by atoms with E-state index >= 15 is 0 Å². The van der Waals surface area contributed by atoms with E-state index in [-0.39, 0.29) is 0 Å². The van der Waals surface area contributed by atoms with Gasteiger partial charge in [0.05, 0.1) is 32.9 Å². The zero-order valence-corrected chi connectivity index (χ0v) is 11.4. The summed E-state index contributed by atoms with van der Waals surface area (Å²) in [6, 6.07) is 3.91. The molecule has 6 heteroatoms. The Hall–Kier alpha value is -1.95. The van der Waals surface area contributed by atoms with Crippen molar-refractivity contribution in [3.63, 3.8) is 0 Å². The predicted molar refractivity (Wildman–Crippen MR) is 73.0 cm³/mol. The van der Waals surface area contributed by atoms with Crippen LogP contribution in [-0.4, -0.2) is 33.2 Å². The van der Waals surface area contributed by atoms with Crippen LogP contribution in [0, 0.1) is 0 Å². The molecular formula is C13H19N3O3. The fraction of sp³-hybridized carbons (Fsp3) is 0.462. The Morgan fingerprint density at radius 1 is 1.11 bits per heavy atom. The average molecular weight is 265 g/mol. The van der Waals surface area contributed by atoms with Gasteiger partial charge in [-0.2, -0.15) is 0 Å². The summed E-state index contributed by atoms with van der Waals surface area (Å²) in [5, 5.41) is 0. The SMILES string of the molecule is COc1cc(OC)c(C(=NC2CC2)NN)cc1OC. The van der Waals surface area contributed by atoms with Gasteiger partial charge in [-0.15, -0.1) is 0 Å². The highest BCUT2D eigenvalue weighted by Gasteiger charge is 2.23. The van der Waals surface area contributed by atoms with Gasteiger partial charge in [-0.05, 0) is 18.9 Å². The van der Waals surface area contributed by atoms with E-state index in [0.29, 0.717) is 29.1 Å². The van der Waals surface area contributed by atoms with Gasteiger partial charge in [-0.1, -0.05) is 0 Å². The van der Waals surface area contributed by atoms with Crippen molar-refractivity contribution in [1.82, 2.24) is 5.43 Å². The van der Waals surface area contributed by atoms with E-state index in [1.165, 1.54) is 0 Å². The average Bonchev–Trinajstić information content (AvgIpc) is 3.27. The molecule has 104 valence electrons.